The fraction of sp³-hybridized carbons (Fsp3) is 0.500. The fourth-order valence-corrected chi connectivity index (χ4v) is 4.01. The van der Waals surface area contributed by atoms with Crippen LogP contribution < -0.4 is 0 Å². The van der Waals surface area contributed by atoms with Gasteiger partial charge in [-0.3, -0.25) is 0 Å². The van der Waals surface area contributed by atoms with Crippen LogP contribution in [-0.2, 0) is 14.8 Å². The number of hydrogen-bond donors (Lipinski definition) is 1. The molecule has 0 atom stereocenters. The molecule has 1 saturated heterocycles. The largest absolute Gasteiger partial charge is 0.478 e. The molecule has 7 heteroatoms. The molecular formula is C14H19NO5S. The number of carboxylic acid groups (broad SMARTS) is 1. The lowest BCUT2D eigenvalue weighted by Crippen LogP contribution is -2.39. The van der Waals surface area contributed by atoms with Crippen molar-refractivity contribution in [3.05, 3.63) is 29.8 Å². The van der Waals surface area contributed by atoms with Gasteiger partial charge < -0.3 is 9.84 Å². The third-order valence-corrected chi connectivity index (χ3v) is 5.59. The van der Waals surface area contributed by atoms with Gasteiger partial charge in [0.2, 0.25) is 10.0 Å². The lowest BCUT2D eigenvalue weighted by atomic mass is 9.99. The van der Waals surface area contributed by atoms with Crippen molar-refractivity contribution in [1.29, 1.82) is 0 Å². The number of carboxylic acids is 1. The Morgan fingerprint density at radius 2 is 2.05 bits per heavy atom. The van der Waals surface area contributed by atoms with Crippen molar-refractivity contribution < 1.29 is 23.1 Å². The quantitative estimate of drug-likeness (QED) is 0.889. The summed E-state index contributed by atoms with van der Waals surface area (Å²) in [5.74, 6) is -0.752. The molecule has 116 valence electrons. The molecule has 1 aliphatic heterocycles. The van der Waals surface area contributed by atoms with Gasteiger partial charge in [-0.1, -0.05) is 6.07 Å². The molecule has 1 aromatic rings. The van der Waals surface area contributed by atoms with E-state index in [-0.39, 0.29) is 10.5 Å². The summed E-state index contributed by atoms with van der Waals surface area (Å²) >= 11 is 0. The van der Waals surface area contributed by atoms with Gasteiger partial charge in [0.05, 0.1) is 10.5 Å². The fourth-order valence-electron chi connectivity index (χ4n) is 2.49. The molecule has 1 aliphatic rings. The first-order valence-corrected chi connectivity index (χ1v) is 8.21. The second-order valence-corrected chi connectivity index (χ2v) is 7.07. The minimum atomic E-state index is -3.63. The predicted octanol–water partition coefficient (Wildman–Crippen LogP) is 1.43. The first kappa shape index (κ1) is 15.9. The van der Waals surface area contributed by atoms with Crippen LogP contribution in [0, 0.1) is 5.92 Å². The molecule has 1 heterocycles. The monoisotopic (exact) mass is 313 g/mol. The molecule has 1 fully saturated rings. The number of nitrogens with zero attached hydrogens (tertiary/aromatic N) is 1. The van der Waals surface area contributed by atoms with Gasteiger partial charge in [0, 0.05) is 26.8 Å². The summed E-state index contributed by atoms with van der Waals surface area (Å²) in [5.41, 5.74) is -0.0228. The van der Waals surface area contributed by atoms with Crippen LogP contribution in [0.25, 0.3) is 0 Å². The molecule has 1 N–H and O–H groups in total. The summed E-state index contributed by atoms with van der Waals surface area (Å²) in [7, 11) is -1.99. The van der Waals surface area contributed by atoms with E-state index >= 15 is 0 Å². The minimum absolute atomic E-state index is 0.0228. The topological polar surface area (TPSA) is 83.9 Å². The van der Waals surface area contributed by atoms with Gasteiger partial charge in [0.15, 0.2) is 0 Å². The minimum Gasteiger partial charge on any atom is -0.478 e. The molecule has 0 bridgehead atoms. The highest BCUT2D eigenvalue weighted by Gasteiger charge is 2.29. The Morgan fingerprint density at radius 1 is 1.38 bits per heavy atom. The zero-order valence-corrected chi connectivity index (χ0v) is 12.7. The standard InChI is InChI=1S/C14H19NO5S/c1-20-10-11-5-7-15(8-6-11)21(18,19)13-4-2-3-12(9-13)14(16)17/h2-4,9,11H,5-8,10H2,1H3,(H,16,17). The van der Waals surface area contributed by atoms with Crippen molar-refractivity contribution in [2.75, 3.05) is 26.8 Å². The third kappa shape index (κ3) is 3.61. The second kappa shape index (κ2) is 6.55. The lowest BCUT2D eigenvalue weighted by molar-refractivity contribution is 0.0696. The Kier molecular flexibility index (Phi) is 4.97. The van der Waals surface area contributed by atoms with Crippen LogP contribution in [0.4, 0.5) is 0 Å². The number of carbonyl (C=O) groups is 1. The Morgan fingerprint density at radius 3 is 2.62 bits per heavy atom. The number of methoxy groups -OCH3 is 1. The number of ether oxygens (including phenoxy) is 1. The molecule has 0 spiro atoms. The molecule has 21 heavy (non-hydrogen) atoms. The first-order chi connectivity index (χ1) is 9.95. The zero-order valence-electron chi connectivity index (χ0n) is 11.9. The average Bonchev–Trinajstić information content (AvgIpc) is 2.48. The van der Waals surface area contributed by atoms with Crippen LogP contribution >= 0.6 is 0 Å². The Bertz CT molecular complexity index is 606. The molecule has 1 aromatic carbocycles. The highest BCUT2D eigenvalue weighted by atomic mass is 32.2. The van der Waals surface area contributed by atoms with Gasteiger partial charge in [-0.25, -0.2) is 13.2 Å². The third-order valence-electron chi connectivity index (χ3n) is 3.69. The summed E-state index contributed by atoms with van der Waals surface area (Å²) < 4.78 is 31.6. The summed E-state index contributed by atoms with van der Waals surface area (Å²) in [5, 5.41) is 8.96. The highest BCUT2D eigenvalue weighted by Crippen LogP contribution is 2.24. The van der Waals surface area contributed by atoms with Crippen molar-refractivity contribution in [1.82, 2.24) is 4.31 Å². The summed E-state index contributed by atoms with van der Waals surface area (Å²) in [6, 6.07) is 5.47. The number of rotatable bonds is 5. The van der Waals surface area contributed by atoms with Crippen LogP contribution in [0.1, 0.15) is 23.2 Å². The van der Waals surface area contributed by atoms with E-state index < -0.39 is 16.0 Å². The van der Waals surface area contributed by atoms with Crippen molar-refractivity contribution in [2.45, 2.75) is 17.7 Å². The van der Waals surface area contributed by atoms with E-state index in [2.05, 4.69) is 0 Å². The predicted molar refractivity (Wildman–Crippen MR) is 76.8 cm³/mol. The van der Waals surface area contributed by atoms with Gasteiger partial charge in [-0.15, -0.1) is 0 Å². The van der Waals surface area contributed by atoms with Gasteiger partial charge in [0.1, 0.15) is 0 Å². The van der Waals surface area contributed by atoms with Gasteiger partial charge in [-0.05, 0) is 37.0 Å². The number of hydrogen-bond acceptors (Lipinski definition) is 4. The van der Waals surface area contributed by atoms with E-state index in [1.165, 1.54) is 28.6 Å². The summed E-state index contributed by atoms with van der Waals surface area (Å²) in [4.78, 5) is 11.0. The highest BCUT2D eigenvalue weighted by molar-refractivity contribution is 7.89. The molecule has 0 amide bonds. The van der Waals surface area contributed by atoms with E-state index in [9.17, 15) is 13.2 Å². The average molecular weight is 313 g/mol. The molecule has 6 nitrogen and oxygen atoms in total. The van der Waals surface area contributed by atoms with Crippen LogP contribution in [0.5, 0.6) is 0 Å². The lowest BCUT2D eigenvalue weighted by Gasteiger charge is -2.30. The van der Waals surface area contributed by atoms with E-state index in [0.29, 0.717) is 25.6 Å². The molecule has 0 saturated carbocycles. The molecule has 2 rings (SSSR count). The van der Waals surface area contributed by atoms with Crippen LogP contribution in [0.3, 0.4) is 0 Å². The second-order valence-electron chi connectivity index (χ2n) is 5.14. The van der Waals surface area contributed by atoms with Crippen molar-refractivity contribution in [3.8, 4) is 0 Å². The molecular weight excluding hydrogens is 294 g/mol. The van der Waals surface area contributed by atoms with Crippen LogP contribution in [0.2, 0.25) is 0 Å². The number of sulfonamides is 1. The van der Waals surface area contributed by atoms with Gasteiger partial charge in [0.25, 0.3) is 0 Å². The number of aromatic carboxylic acids is 1. The van der Waals surface area contributed by atoms with Crippen molar-refractivity contribution in [2.24, 2.45) is 5.92 Å². The summed E-state index contributed by atoms with van der Waals surface area (Å²) in [6.07, 6.45) is 1.51. The van der Waals surface area contributed by atoms with Crippen LogP contribution in [0.15, 0.2) is 29.2 Å². The zero-order chi connectivity index (χ0) is 15.5. The Labute approximate surface area is 124 Å². The van der Waals surface area contributed by atoms with E-state index in [1.807, 2.05) is 0 Å². The molecule has 0 aliphatic carbocycles. The maximum Gasteiger partial charge on any atom is 0.335 e. The maximum atomic E-state index is 12.5. The maximum absolute atomic E-state index is 12.5. The molecule has 0 radical (unpaired) electrons. The Balaban J connectivity index is 2.16. The Hall–Kier alpha value is -1.44. The molecule has 0 unspecified atom stereocenters. The SMILES string of the molecule is COCC1CCN(S(=O)(=O)c2cccc(C(=O)O)c2)CC1. The number of benzene rings is 1. The first-order valence-electron chi connectivity index (χ1n) is 6.77. The van der Waals surface area contributed by atoms with E-state index in [0.717, 1.165) is 12.8 Å². The van der Waals surface area contributed by atoms with Gasteiger partial charge in [-0.2, -0.15) is 4.31 Å². The normalized spacial score (nSPS) is 17.8. The summed E-state index contributed by atoms with van der Waals surface area (Å²) in [6.45, 7) is 1.52. The van der Waals surface area contributed by atoms with Gasteiger partial charge >= 0.3 is 5.97 Å². The van der Waals surface area contributed by atoms with Crippen LogP contribution in [-0.4, -0.2) is 50.6 Å². The molecule has 0 aromatic heterocycles. The van der Waals surface area contributed by atoms with E-state index in [4.69, 9.17) is 9.84 Å². The van der Waals surface area contributed by atoms with Crippen molar-refractivity contribution >= 4 is 16.0 Å². The number of piperidine rings is 1. The smallest absolute Gasteiger partial charge is 0.335 e. The van der Waals surface area contributed by atoms with Crippen molar-refractivity contribution in [3.63, 3.8) is 0 Å². The van der Waals surface area contributed by atoms with E-state index in [1.54, 1.807) is 7.11 Å².